The van der Waals surface area contributed by atoms with Gasteiger partial charge in [-0.1, -0.05) is 36.4 Å². The molecule has 1 aliphatic heterocycles. The maximum absolute atomic E-state index is 11.7. The third-order valence-corrected chi connectivity index (χ3v) is 5.01. The number of aromatic nitrogens is 2. The van der Waals surface area contributed by atoms with Crippen molar-refractivity contribution in [3.05, 3.63) is 72.4 Å². The van der Waals surface area contributed by atoms with E-state index in [9.17, 15) is 4.79 Å². The van der Waals surface area contributed by atoms with E-state index in [1.54, 1.807) is 13.0 Å². The molecule has 3 aromatic rings. The van der Waals surface area contributed by atoms with Crippen LogP contribution in [0.2, 0.25) is 0 Å². The largest absolute Gasteiger partial charge is 0.463 e. The number of rotatable bonds is 7. The number of carbonyl (C=O) groups is 1. The van der Waals surface area contributed by atoms with Gasteiger partial charge in [0.1, 0.15) is 5.82 Å². The predicted molar refractivity (Wildman–Crippen MR) is 126 cm³/mol. The molecule has 0 atom stereocenters. The van der Waals surface area contributed by atoms with Crippen molar-refractivity contribution >= 4 is 29.5 Å². The van der Waals surface area contributed by atoms with Gasteiger partial charge in [-0.25, -0.2) is 9.78 Å². The molecule has 0 amide bonds. The number of anilines is 3. The monoisotopic (exact) mass is 430 g/mol. The number of hydrogen-bond acceptors (Lipinski definition) is 7. The van der Waals surface area contributed by atoms with Crippen molar-refractivity contribution < 1.29 is 14.3 Å². The van der Waals surface area contributed by atoms with Gasteiger partial charge in [-0.15, -0.1) is 0 Å². The Morgan fingerprint density at radius 1 is 1.16 bits per heavy atom. The Bertz CT molecular complexity index is 1080. The molecule has 1 N–H and O–H groups in total. The van der Waals surface area contributed by atoms with Crippen LogP contribution in [-0.2, 0) is 14.3 Å². The maximum atomic E-state index is 11.7. The van der Waals surface area contributed by atoms with E-state index in [0.717, 1.165) is 41.3 Å². The van der Waals surface area contributed by atoms with E-state index in [1.165, 1.54) is 6.08 Å². The molecule has 1 fully saturated rings. The summed E-state index contributed by atoms with van der Waals surface area (Å²) in [4.78, 5) is 23.3. The summed E-state index contributed by atoms with van der Waals surface area (Å²) in [7, 11) is 0. The Kier molecular flexibility index (Phi) is 7.09. The highest BCUT2D eigenvalue weighted by atomic mass is 16.5. The smallest absolute Gasteiger partial charge is 0.330 e. The third-order valence-electron chi connectivity index (χ3n) is 5.01. The van der Waals surface area contributed by atoms with Crippen LogP contribution in [0.25, 0.3) is 17.2 Å². The molecule has 2 heterocycles. The summed E-state index contributed by atoms with van der Waals surface area (Å²) >= 11 is 0. The van der Waals surface area contributed by atoms with Crippen LogP contribution in [0.1, 0.15) is 12.5 Å². The van der Waals surface area contributed by atoms with Gasteiger partial charge in [-0.3, -0.25) is 0 Å². The molecule has 32 heavy (non-hydrogen) atoms. The molecule has 0 radical (unpaired) electrons. The fourth-order valence-corrected chi connectivity index (χ4v) is 3.47. The van der Waals surface area contributed by atoms with Crippen molar-refractivity contribution in [2.45, 2.75) is 6.92 Å². The zero-order valence-electron chi connectivity index (χ0n) is 18.0. The lowest BCUT2D eigenvalue weighted by atomic mass is 10.0. The minimum atomic E-state index is -0.355. The van der Waals surface area contributed by atoms with Crippen LogP contribution in [-0.4, -0.2) is 48.8 Å². The van der Waals surface area contributed by atoms with E-state index in [2.05, 4.69) is 15.2 Å². The van der Waals surface area contributed by atoms with Crippen molar-refractivity contribution in [2.24, 2.45) is 0 Å². The quantitative estimate of drug-likeness (QED) is 0.442. The van der Waals surface area contributed by atoms with Gasteiger partial charge < -0.3 is 19.7 Å². The topological polar surface area (TPSA) is 76.6 Å². The highest BCUT2D eigenvalue weighted by molar-refractivity contribution is 5.87. The number of esters is 1. The van der Waals surface area contributed by atoms with Gasteiger partial charge in [0.15, 0.2) is 0 Å². The molecular weight excluding hydrogens is 404 g/mol. The lowest BCUT2D eigenvalue weighted by Crippen LogP contribution is -2.37. The second-order valence-electron chi connectivity index (χ2n) is 7.23. The van der Waals surface area contributed by atoms with Crippen molar-refractivity contribution in [2.75, 3.05) is 43.1 Å². The first-order chi connectivity index (χ1) is 15.7. The lowest BCUT2D eigenvalue weighted by molar-refractivity contribution is -0.137. The van der Waals surface area contributed by atoms with E-state index in [0.29, 0.717) is 25.8 Å². The second kappa shape index (κ2) is 10.5. The fraction of sp³-hybridized carbons (Fsp3) is 0.240. The molecule has 0 spiro atoms. The van der Waals surface area contributed by atoms with Crippen LogP contribution < -0.4 is 10.2 Å². The summed E-state index contributed by atoms with van der Waals surface area (Å²) in [5, 5.41) is 3.28. The molecule has 7 nitrogen and oxygen atoms in total. The van der Waals surface area contributed by atoms with Gasteiger partial charge in [-0.05, 0) is 42.3 Å². The molecule has 0 bridgehead atoms. The van der Waals surface area contributed by atoms with Crippen LogP contribution in [0.3, 0.4) is 0 Å². The first-order valence-corrected chi connectivity index (χ1v) is 10.7. The summed E-state index contributed by atoms with van der Waals surface area (Å²) in [5.41, 5.74) is 3.73. The Hall–Kier alpha value is -3.71. The Morgan fingerprint density at radius 2 is 1.97 bits per heavy atom. The van der Waals surface area contributed by atoms with E-state index in [1.807, 2.05) is 60.8 Å². The Balaban J connectivity index is 1.66. The van der Waals surface area contributed by atoms with E-state index in [4.69, 9.17) is 14.5 Å². The van der Waals surface area contributed by atoms with Gasteiger partial charge >= 0.3 is 5.97 Å². The number of morpholine rings is 1. The molecule has 0 saturated carbocycles. The molecule has 7 heteroatoms. The van der Waals surface area contributed by atoms with Gasteiger partial charge in [0.2, 0.25) is 5.95 Å². The zero-order chi connectivity index (χ0) is 22.2. The molecule has 0 unspecified atom stereocenters. The molecule has 0 aliphatic carbocycles. The minimum Gasteiger partial charge on any atom is -0.463 e. The van der Waals surface area contributed by atoms with Crippen molar-refractivity contribution in [3.63, 3.8) is 0 Å². The summed E-state index contributed by atoms with van der Waals surface area (Å²) < 4.78 is 10.5. The van der Waals surface area contributed by atoms with Crippen LogP contribution in [0, 0.1) is 0 Å². The molecule has 2 aromatic carbocycles. The number of para-hydroxylation sites is 1. The molecular formula is C25H26N4O3. The van der Waals surface area contributed by atoms with Crippen molar-refractivity contribution in [3.8, 4) is 11.1 Å². The first-order valence-electron chi connectivity index (χ1n) is 10.7. The van der Waals surface area contributed by atoms with Crippen LogP contribution >= 0.6 is 0 Å². The van der Waals surface area contributed by atoms with E-state index < -0.39 is 0 Å². The van der Waals surface area contributed by atoms with Crippen LogP contribution in [0.5, 0.6) is 0 Å². The van der Waals surface area contributed by atoms with E-state index in [-0.39, 0.29) is 5.97 Å². The Morgan fingerprint density at radius 3 is 2.75 bits per heavy atom. The van der Waals surface area contributed by atoms with E-state index >= 15 is 0 Å². The highest BCUT2D eigenvalue weighted by Gasteiger charge is 2.19. The SMILES string of the molecule is CCOC(=O)/C=C/c1cccc(-c2cnc(Nc3ccccc3)nc2N2CCOCC2)c1. The number of carbonyl (C=O) groups excluding carboxylic acids is 1. The van der Waals surface area contributed by atoms with Gasteiger partial charge in [0, 0.05) is 36.6 Å². The zero-order valence-corrected chi connectivity index (χ0v) is 18.0. The third kappa shape index (κ3) is 5.50. The summed E-state index contributed by atoms with van der Waals surface area (Å²) in [6.07, 6.45) is 5.04. The second-order valence-corrected chi connectivity index (χ2v) is 7.23. The number of nitrogens with one attached hydrogen (secondary N) is 1. The molecule has 164 valence electrons. The Labute approximate surface area is 187 Å². The summed E-state index contributed by atoms with van der Waals surface area (Å²) in [5.74, 6) is 1.04. The molecule has 1 saturated heterocycles. The molecule has 1 aromatic heterocycles. The highest BCUT2D eigenvalue weighted by Crippen LogP contribution is 2.31. The van der Waals surface area contributed by atoms with Gasteiger partial charge in [0.05, 0.1) is 19.8 Å². The number of ether oxygens (including phenoxy) is 2. The fourth-order valence-electron chi connectivity index (χ4n) is 3.47. The average molecular weight is 431 g/mol. The normalized spacial score (nSPS) is 13.8. The van der Waals surface area contributed by atoms with Gasteiger partial charge in [0.25, 0.3) is 0 Å². The number of benzene rings is 2. The predicted octanol–water partition coefficient (Wildman–Crippen LogP) is 4.30. The van der Waals surface area contributed by atoms with Crippen molar-refractivity contribution in [1.82, 2.24) is 9.97 Å². The maximum Gasteiger partial charge on any atom is 0.330 e. The molecule has 1 aliphatic rings. The van der Waals surface area contributed by atoms with Crippen molar-refractivity contribution in [1.29, 1.82) is 0 Å². The average Bonchev–Trinajstić information content (AvgIpc) is 2.84. The summed E-state index contributed by atoms with van der Waals surface area (Å²) in [6.45, 7) is 4.98. The van der Waals surface area contributed by atoms with Crippen LogP contribution in [0.4, 0.5) is 17.5 Å². The molecule has 4 rings (SSSR count). The first kappa shape index (κ1) is 21.5. The van der Waals surface area contributed by atoms with Gasteiger partial charge in [-0.2, -0.15) is 4.98 Å². The number of nitrogens with zero attached hydrogens (tertiary/aromatic N) is 3. The minimum absolute atomic E-state index is 0.354. The van der Waals surface area contributed by atoms with Crippen LogP contribution in [0.15, 0.2) is 66.9 Å². The standard InChI is InChI=1S/C25H26N4O3/c1-2-32-23(30)12-11-19-7-6-8-20(17-19)22-18-26-25(27-21-9-4-3-5-10-21)28-24(22)29-13-15-31-16-14-29/h3-12,17-18H,2,13-16H2,1H3,(H,26,27,28)/b12-11+. The lowest BCUT2D eigenvalue weighted by Gasteiger charge is -2.29. The number of hydrogen-bond donors (Lipinski definition) is 1. The summed E-state index contributed by atoms with van der Waals surface area (Å²) in [6, 6.07) is 17.8.